The maximum absolute atomic E-state index is 12.9. The lowest BCUT2D eigenvalue weighted by atomic mass is 10.2. The molecule has 1 aliphatic rings. The summed E-state index contributed by atoms with van der Waals surface area (Å²) in [5, 5.41) is 3.15. The fourth-order valence-corrected chi connectivity index (χ4v) is 6.04. The number of thiazole rings is 1. The van der Waals surface area contributed by atoms with E-state index < -0.39 is 10.0 Å². The fourth-order valence-electron chi connectivity index (χ4n) is 3.52. The van der Waals surface area contributed by atoms with Crippen molar-refractivity contribution in [2.75, 3.05) is 32.6 Å². The number of rotatable bonds is 6. The first-order valence-electron chi connectivity index (χ1n) is 9.86. The van der Waals surface area contributed by atoms with Gasteiger partial charge in [-0.05, 0) is 43.2 Å². The van der Waals surface area contributed by atoms with Crippen molar-refractivity contribution in [2.24, 2.45) is 0 Å². The second kappa shape index (κ2) is 8.81. The van der Waals surface area contributed by atoms with E-state index in [0.29, 0.717) is 45.5 Å². The lowest BCUT2D eigenvalue weighted by Crippen LogP contribution is -2.35. The van der Waals surface area contributed by atoms with Crippen LogP contribution in [0.2, 0.25) is 0 Å². The van der Waals surface area contributed by atoms with Crippen LogP contribution in [0.4, 0.5) is 5.13 Å². The van der Waals surface area contributed by atoms with Crippen molar-refractivity contribution in [1.29, 1.82) is 0 Å². The number of methoxy groups -OCH3 is 2. The molecule has 1 N–H and O–H groups in total. The van der Waals surface area contributed by atoms with Gasteiger partial charge in [0.25, 0.3) is 5.91 Å². The summed E-state index contributed by atoms with van der Waals surface area (Å²) in [6.07, 6.45) is 2.82. The average molecular weight is 462 g/mol. The highest BCUT2D eigenvalue weighted by Gasteiger charge is 2.26. The summed E-state index contributed by atoms with van der Waals surface area (Å²) in [5.74, 6) is 0.587. The van der Waals surface area contributed by atoms with Crippen LogP contribution < -0.4 is 14.8 Å². The molecular weight excluding hydrogens is 438 g/mol. The molecule has 1 aliphatic heterocycles. The minimum absolute atomic E-state index is 0.250. The van der Waals surface area contributed by atoms with Gasteiger partial charge in [-0.3, -0.25) is 10.1 Å². The zero-order valence-electron chi connectivity index (χ0n) is 17.3. The zero-order chi connectivity index (χ0) is 22.0. The van der Waals surface area contributed by atoms with Crippen LogP contribution >= 0.6 is 11.3 Å². The van der Waals surface area contributed by atoms with E-state index in [1.54, 1.807) is 36.4 Å². The number of nitrogens with one attached hydrogen (secondary N) is 1. The number of ether oxygens (including phenoxy) is 2. The van der Waals surface area contributed by atoms with Crippen LogP contribution in [0.5, 0.6) is 11.5 Å². The van der Waals surface area contributed by atoms with Gasteiger partial charge in [0.2, 0.25) is 10.0 Å². The molecule has 1 amide bonds. The number of hydrogen-bond acceptors (Lipinski definition) is 7. The number of piperidine rings is 1. The standard InChI is InChI=1S/C21H23N3O5S2/c1-28-14-6-8-16(18(12-14)29-2)20(25)23-21-22-17-9-7-15(13-19(17)30-21)31(26,27)24-10-4-3-5-11-24/h6-9,12-13H,3-5,10-11H2,1-2H3,(H,22,23,25). The number of amides is 1. The van der Waals surface area contributed by atoms with E-state index in [4.69, 9.17) is 9.47 Å². The Morgan fingerprint density at radius 2 is 1.84 bits per heavy atom. The lowest BCUT2D eigenvalue weighted by molar-refractivity contribution is 0.102. The summed E-state index contributed by atoms with van der Waals surface area (Å²) in [5.41, 5.74) is 0.968. The second-order valence-corrected chi connectivity index (χ2v) is 10.1. The highest BCUT2D eigenvalue weighted by atomic mass is 32.2. The molecule has 31 heavy (non-hydrogen) atoms. The molecule has 0 bridgehead atoms. The number of aromatic nitrogens is 1. The summed E-state index contributed by atoms with van der Waals surface area (Å²) in [6.45, 7) is 1.10. The van der Waals surface area contributed by atoms with Crippen LogP contribution in [-0.2, 0) is 10.0 Å². The van der Waals surface area contributed by atoms with Crippen LogP contribution in [0.1, 0.15) is 29.6 Å². The molecule has 164 valence electrons. The van der Waals surface area contributed by atoms with E-state index in [1.807, 2.05) is 0 Å². The smallest absolute Gasteiger partial charge is 0.261 e. The van der Waals surface area contributed by atoms with Gasteiger partial charge in [-0.25, -0.2) is 13.4 Å². The molecule has 1 fully saturated rings. The van der Waals surface area contributed by atoms with E-state index in [0.717, 1.165) is 19.3 Å². The van der Waals surface area contributed by atoms with Crippen LogP contribution in [-0.4, -0.2) is 50.9 Å². The van der Waals surface area contributed by atoms with Gasteiger partial charge in [-0.1, -0.05) is 17.8 Å². The number of carbonyl (C=O) groups is 1. The molecule has 0 unspecified atom stereocenters. The van der Waals surface area contributed by atoms with Gasteiger partial charge >= 0.3 is 0 Å². The maximum atomic E-state index is 12.9. The first kappa shape index (κ1) is 21.5. The molecule has 8 nitrogen and oxygen atoms in total. The molecule has 2 heterocycles. The normalized spacial score (nSPS) is 15.0. The van der Waals surface area contributed by atoms with Crippen LogP contribution in [0.3, 0.4) is 0 Å². The molecule has 2 aromatic carbocycles. The number of fused-ring (bicyclic) bond motifs is 1. The van der Waals surface area contributed by atoms with E-state index >= 15 is 0 Å². The summed E-state index contributed by atoms with van der Waals surface area (Å²) < 4.78 is 38.6. The molecule has 1 aromatic heterocycles. The Bertz CT molecular complexity index is 1220. The molecule has 0 atom stereocenters. The van der Waals surface area contributed by atoms with Crippen molar-refractivity contribution in [3.8, 4) is 11.5 Å². The fraction of sp³-hybridized carbons (Fsp3) is 0.333. The third-order valence-electron chi connectivity index (χ3n) is 5.19. The minimum atomic E-state index is -3.53. The number of nitrogens with zero attached hydrogens (tertiary/aromatic N) is 2. The minimum Gasteiger partial charge on any atom is -0.497 e. The Balaban J connectivity index is 1.58. The lowest BCUT2D eigenvalue weighted by Gasteiger charge is -2.25. The number of carbonyl (C=O) groups excluding carboxylic acids is 1. The molecule has 0 saturated carbocycles. The molecular formula is C21H23N3O5S2. The SMILES string of the molecule is COc1ccc(C(=O)Nc2nc3ccc(S(=O)(=O)N4CCCCC4)cc3s2)c(OC)c1. The Labute approximate surface area is 184 Å². The van der Waals surface area contributed by atoms with Crippen molar-refractivity contribution in [1.82, 2.24) is 9.29 Å². The van der Waals surface area contributed by atoms with Gasteiger partial charge in [-0.2, -0.15) is 4.31 Å². The molecule has 1 saturated heterocycles. The van der Waals surface area contributed by atoms with E-state index in [2.05, 4.69) is 10.3 Å². The van der Waals surface area contributed by atoms with E-state index in [9.17, 15) is 13.2 Å². The summed E-state index contributed by atoms with van der Waals surface area (Å²) >= 11 is 1.23. The highest BCUT2D eigenvalue weighted by Crippen LogP contribution is 2.31. The predicted molar refractivity (Wildman–Crippen MR) is 120 cm³/mol. The van der Waals surface area contributed by atoms with Crippen LogP contribution in [0, 0.1) is 0 Å². The monoisotopic (exact) mass is 461 g/mol. The van der Waals surface area contributed by atoms with Crippen molar-refractivity contribution in [3.63, 3.8) is 0 Å². The third kappa shape index (κ3) is 4.36. The number of sulfonamides is 1. The van der Waals surface area contributed by atoms with Gasteiger partial charge in [-0.15, -0.1) is 0 Å². The number of hydrogen-bond donors (Lipinski definition) is 1. The zero-order valence-corrected chi connectivity index (χ0v) is 18.9. The Morgan fingerprint density at radius 1 is 1.06 bits per heavy atom. The van der Waals surface area contributed by atoms with E-state index in [-0.39, 0.29) is 10.8 Å². The summed E-state index contributed by atoms with van der Waals surface area (Å²) in [7, 11) is -0.513. The summed E-state index contributed by atoms with van der Waals surface area (Å²) in [4.78, 5) is 17.4. The molecule has 0 spiro atoms. The van der Waals surface area contributed by atoms with Gasteiger partial charge in [0.05, 0.1) is 34.9 Å². The quantitative estimate of drug-likeness (QED) is 0.601. The van der Waals surface area contributed by atoms with Crippen LogP contribution in [0.25, 0.3) is 10.2 Å². The van der Waals surface area contributed by atoms with Gasteiger partial charge < -0.3 is 9.47 Å². The largest absolute Gasteiger partial charge is 0.497 e. The van der Waals surface area contributed by atoms with Crippen molar-refractivity contribution in [2.45, 2.75) is 24.2 Å². The van der Waals surface area contributed by atoms with Gasteiger partial charge in [0, 0.05) is 19.2 Å². The molecule has 10 heteroatoms. The second-order valence-electron chi connectivity index (χ2n) is 7.13. The number of anilines is 1. The highest BCUT2D eigenvalue weighted by molar-refractivity contribution is 7.89. The Kier molecular flexibility index (Phi) is 6.12. The average Bonchev–Trinajstić information content (AvgIpc) is 3.20. The Hall–Kier alpha value is -2.69. The molecule has 0 radical (unpaired) electrons. The first-order chi connectivity index (χ1) is 14.9. The Morgan fingerprint density at radius 3 is 2.55 bits per heavy atom. The van der Waals surface area contributed by atoms with Crippen molar-refractivity contribution < 1.29 is 22.7 Å². The molecule has 0 aliphatic carbocycles. The first-order valence-corrected chi connectivity index (χ1v) is 12.1. The predicted octanol–water partition coefficient (Wildman–Crippen LogP) is 3.74. The van der Waals surface area contributed by atoms with Crippen molar-refractivity contribution >= 4 is 42.6 Å². The molecule has 4 rings (SSSR count). The van der Waals surface area contributed by atoms with Gasteiger partial charge in [0.1, 0.15) is 11.5 Å². The van der Waals surface area contributed by atoms with Crippen molar-refractivity contribution in [3.05, 3.63) is 42.0 Å². The van der Waals surface area contributed by atoms with E-state index in [1.165, 1.54) is 29.9 Å². The number of benzene rings is 2. The maximum Gasteiger partial charge on any atom is 0.261 e. The molecule has 3 aromatic rings. The topological polar surface area (TPSA) is 97.8 Å². The van der Waals surface area contributed by atoms with Gasteiger partial charge in [0.15, 0.2) is 5.13 Å². The third-order valence-corrected chi connectivity index (χ3v) is 8.01. The van der Waals surface area contributed by atoms with Crippen LogP contribution in [0.15, 0.2) is 41.3 Å². The summed E-state index contributed by atoms with van der Waals surface area (Å²) in [6, 6.07) is 9.79.